The van der Waals surface area contributed by atoms with Crippen LogP contribution in [0.3, 0.4) is 0 Å². The van der Waals surface area contributed by atoms with Crippen LogP contribution >= 0.6 is 11.3 Å². The van der Waals surface area contributed by atoms with Crippen molar-refractivity contribution in [2.75, 3.05) is 27.4 Å². The maximum Gasteiger partial charge on any atom is 0.191 e. The van der Waals surface area contributed by atoms with Crippen molar-refractivity contribution in [2.45, 2.75) is 32.9 Å². The van der Waals surface area contributed by atoms with Crippen molar-refractivity contribution < 1.29 is 9.47 Å². The molecule has 1 aromatic carbocycles. The predicted molar refractivity (Wildman–Crippen MR) is 109 cm³/mol. The van der Waals surface area contributed by atoms with Crippen molar-refractivity contribution in [2.24, 2.45) is 4.99 Å². The standard InChI is InChI=1S/C20H29N3O2S/c1-15(12-19-9-8-16(2)26-19)23-20(21-3)22-14-17-6-5-7-18(13-17)25-11-10-24-4/h5-9,13,15H,10-12,14H2,1-4H3,(H2,21,22,23). The highest BCUT2D eigenvalue weighted by molar-refractivity contribution is 7.11. The van der Waals surface area contributed by atoms with Crippen molar-refractivity contribution in [3.05, 3.63) is 51.7 Å². The van der Waals surface area contributed by atoms with Gasteiger partial charge in [0.05, 0.1) is 6.61 Å². The molecule has 1 atom stereocenters. The Hall–Kier alpha value is -2.05. The lowest BCUT2D eigenvalue weighted by atomic mass is 10.2. The summed E-state index contributed by atoms with van der Waals surface area (Å²) in [5, 5.41) is 6.81. The SMILES string of the molecule is CN=C(NCc1cccc(OCCOC)c1)NC(C)Cc1ccc(C)s1. The number of hydrogen-bond acceptors (Lipinski definition) is 4. The van der Waals surface area contributed by atoms with Gasteiger partial charge in [-0.05, 0) is 43.7 Å². The normalized spacial score (nSPS) is 12.7. The molecule has 0 fully saturated rings. The third-order valence-corrected chi connectivity index (χ3v) is 4.85. The first kappa shape index (κ1) is 20.3. The first-order valence-corrected chi connectivity index (χ1v) is 9.65. The Kier molecular flexibility index (Phi) is 8.44. The Morgan fingerprint density at radius 3 is 2.77 bits per heavy atom. The minimum Gasteiger partial charge on any atom is -0.491 e. The van der Waals surface area contributed by atoms with Crippen LogP contribution in [0.25, 0.3) is 0 Å². The van der Waals surface area contributed by atoms with Gasteiger partial charge in [0, 0.05) is 42.9 Å². The molecular weight excluding hydrogens is 346 g/mol. The molecule has 0 saturated heterocycles. The zero-order valence-electron chi connectivity index (χ0n) is 16.0. The molecular formula is C20H29N3O2S. The van der Waals surface area contributed by atoms with Crippen molar-refractivity contribution >= 4 is 17.3 Å². The Balaban J connectivity index is 1.81. The lowest BCUT2D eigenvalue weighted by Gasteiger charge is -2.17. The van der Waals surface area contributed by atoms with Crippen molar-refractivity contribution in [1.82, 2.24) is 10.6 Å². The zero-order chi connectivity index (χ0) is 18.8. The summed E-state index contributed by atoms with van der Waals surface area (Å²) < 4.78 is 10.7. The number of guanidine groups is 1. The van der Waals surface area contributed by atoms with E-state index in [1.807, 2.05) is 29.5 Å². The molecule has 1 aromatic heterocycles. The summed E-state index contributed by atoms with van der Waals surface area (Å²) in [6.45, 7) is 6.13. The van der Waals surface area contributed by atoms with E-state index in [1.165, 1.54) is 9.75 Å². The first-order chi connectivity index (χ1) is 12.6. The van der Waals surface area contributed by atoms with Crippen LogP contribution in [0.4, 0.5) is 0 Å². The van der Waals surface area contributed by atoms with Crippen molar-refractivity contribution in [3.8, 4) is 5.75 Å². The molecule has 6 heteroatoms. The van der Waals surface area contributed by atoms with Gasteiger partial charge in [-0.2, -0.15) is 0 Å². The molecule has 2 aromatic rings. The highest BCUT2D eigenvalue weighted by Crippen LogP contribution is 2.16. The maximum atomic E-state index is 5.66. The average Bonchev–Trinajstić information content (AvgIpc) is 3.04. The number of aryl methyl sites for hydroxylation is 1. The Morgan fingerprint density at radius 1 is 1.23 bits per heavy atom. The van der Waals surface area contributed by atoms with E-state index in [0.29, 0.717) is 25.8 Å². The Bertz CT molecular complexity index is 700. The van der Waals surface area contributed by atoms with Gasteiger partial charge >= 0.3 is 0 Å². The van der Waals surface area contributed by atoms with E-state index in [1.54, 1.807) is 14.2 Å². The molecule has 0 spiro atoms. The van der Waals surface area contributed by atoms with E-state index in [4.69, 9.17) is 9.47 Å². The minimum atomic E-state index is 0.308. The summed E-state index contributed by atoms with van der Waals surface area (Å²) in [4.78, 5) is 7.06. The number of rotatable bonds is 9. The van der Waals surface area contributed by atoms with Crippen LogP contribution in [-0.4, -0.2) is 39.4 Å². The van der Waals surface area contributed by atoms with E-state index < -0.39 is 0 Å². The molecule has 142 valence electrons. The van der Waals surface area contributed by atoms with Gasteiger partial charge in [-0.1, -0.05) is 12.1 Å². The fraction of sp³-hybridized carbons (Fsp3) is 0.450. The van der Waals surface area contributed by atoms with Gasteiger partial charge in [0.1, 0.15) is 12.4 Å². The lowest BCUT2D eigenvalue weighted by molar-refractivity contribution is 0.146. The summed E-state index contributed by atoms with van der Waals surface area (Å²) in [5.74, 6) is 1.65. The van der Waals surface area contributed by atoms with E-state index in [0.717, 1.165) is 23.7 Å². The molecule has 1 unspecified atom stereocenters. The van der Waals surface area contributed by atoms with Crippen LogP contribution in [0.2, 0.25) is 0 Å². The highest BCUT2D eigenvalue weighted by atomic mass is 32.1. The number of methoxy groups -OCH3 is 1. The molecule has 0 radical (unpaired) electrons. The van der Waals surface area contributed by atoms with Gasteiger partial charge in [0.15, 0.2) is 5.96 Å². The largest absolute Gasteiger partial charge is 0.491 e. The summed E-state index contributed by atoms with van der Waals surface area (Å²) >= 11 is 1.85. The van der Waals surface area contributed by atoms with E-state index in [9.17, 15) is 0 Å². The second-order valence-corrected chi connectivity index (χ2v) is 7.55. The monoisotopic (exact) mass is 375 g/mol. The summed E-state index contributed by atoms with van der Waals surface area (Å²) in [5.41, 5.74) is 1.14. The quantitative estimate of drug-likeness (QED) is 0.401. The van der Waals surface area contributed by atoms with Crippen LogP contribution in [0.5, 0.6) is 5.75 Å². The minimum absolute atomic E-state index is 0.308. The van der Waals surface area contributed by atoms with Crippen LogP contribution in [-0.2, 0) is 17.7 Å². The lowest BCUT2D eigenvalue weighted by Crippen LogP contribution is -2.42. The van der Waals surface area contributed by atoms with E-state index in [2.05, 4.69) is 47.7 Å². The van der Waals surface area contributed by atoms with Gasteiger partial charge in [-0.25, -0.2) is 0 Å². The van der Waals surface area contributed by atoms with Gasteiger partial charge in [-0.3, -0.25) is 4.99 Å². The molecule has 2 N–H and O–H groups in total. The second-order valence-electron chi connectivity index (χ2n) is 6.18. The van der Waals surface area contributed by atoms with Gasteiger partial charge in [0.2, 0.25) is 0 Å². The Labute approximate surface area is 160 Å². The molecule has 0 amide bonds. The topological polar surface area (TPSA) is 54.9 Å². The number of ether oxygens (including phenoxy) is 2. The van der Waals surface area contributed by atoms with E-state index >= 15 is 0 Å². The van der Waals surface area contributed by atoms with Crippen molar-refractivity contribution in [3.63, 3.8) is 0 Å². The number of benzene rings is 1. The molecule has 5 nitrogen and oxygen atoms in total. The molecule has 0 bridgehead atoms. The third kappa shape index (κ3) is 7.06. The average molecular weight is 376 g/mol. The van der Waals surface area contributed by atoms with Crippen LogP contribution in [0, 0.1) is 6.92 Å². The summed E-state index contributed by atoms with van der Waals surface area (Å²) in [6.07, 6.45) is 0.988. The maximum absolute atomic E-state index is 5.66. The predicted octanol–water partition coefficient (Wildman–Crippen LogP) is 3.38. The molecule has 0 aliphatic rings. The Morgan fingerprint density at radius 2 is 2.08 bits per heavy atom. The fourth-order valence-electron chi connectivity index (χ4n) is 2.55. The third-order valence-electron chi connectivity index (χ3n) is 3.82. The molecule has 2 rings (SSSR count). The van der Waals surface area contributed by atoms with Crippen LogP contribution in [0.1, 0.15) is 22.2 Å². The molecule has 0 saturated carbocycles. The summed E-state index contributed by atoms with van der Waals surface area (Å²) in [6, 6.07) is 12.7. The molecule has 26 heavy (non-hydrogen) atoms. The number of thiophene rings is 1. The first-order valence-electron chi connectivity index (χ1n) is 8.84. The van der Waals surface area contributed by atoms with Crippen LogP contribution < -0.4 is 15.4 Å². The molecule has 0 aliphatic carbocycles. The zero-order valence-corrected chi connectivity index (χ0v) is 16.9. The van der Waals surface area contributed by atoms with E-state index in [-0.39, 0.29) is 0 Å². The number of aliphatic imine (C=N–C) groups is 1. The summed E-state index contributed by atoms with van der Waals surface area (Å²) in [7, 11) is 3.46. The molecule has 1 heterocycles. The van der Waals surface area contributed by atoms with Crippen LogP contribution in [0.15, 0.2) is 41.4 Å². The number of hydrogen-bond donors (Lipinski definition) is 2. The van der Waals surface area contributed by atoms with Gasteiger partial charge in [-0.15, -0.1) is 11.3 Å². The highest BCUT2D eigenvalue weighted by Gasteiger charge is 2.08. The number of nitrogens with zero attached hydrogens (tertiary/aromatic N) is 1. The number of nitrogens with one attached hydrogen (secondary N) is 2. The molecule has 0 aliphatic heterocycles. The van der Waals surface area contributed by atoms with Gasteiger partial charge in [0.25, 0.3) is 0 Å². The second kappa shape index (κ2) is 10.8. The van der Waals surface area contributed by atoms with Gasteiger partial charge < -0.3 is 20.1 Å². The van der Waals surface area contributed by atoms with Crippen molar-refractivity contribution in [1.29, 1.82) is 0 Å². The smallest absolute Gasteiger partial charge is 0.191 e. The fourth-order valence-corrected chi connectivity index (χ4v) is 3.57.